The molecule has 4 heteroatoms. The summed E-state index contributed by atoms with van der Waals surface area (Å²) in [5.41, 5.74) is 5.83. The van der Waals surface area contributed by atoms with Crippen molar-refractivity contribution in [2.75, 3.05) is 6.54 Å². The van der Waals surface area contributed by atoms with Crippen molar-refractivity contribution in [1.82, 2.24) is 5.32 Å². The lowest BCUT2D eigenvalue weighted by atomic mass is 9.88. The van der Waals surface area contributed by atoms with Crippen molar-refractivity contribution in [2.45, 2.75) is 46.6 Å². The second-order valence-electron chi connectivity index (χ2n) is 5.82. The number of nitrogens with zero attached hydrogens (tertiary/aromatic N) is 1. The van der Waals surface area contributed by atoms with E-state index in [2.05, 4.69) is 24.3 Å². The first kappa shape index (κ1) is 12.3. The minimum Gasteiger partial charge on any atom is -0.409 e. The Balaban J connectivity index is 2.26. The second kappa shape index (κ2) is 4.00. The number of hydrogen-bond donors (Lipinski definition) is 3. The lowest BCUT2D eigenvalue weighted by Gasteiger charge is -2.23. The highest BCUT2D eigenvalue weighted by Crippen LogP contribution is 2.44. The third-order valence-electron chi connectivity index (χ3n) is 3.46. The van der Waals surface area contributed by atoms with Gasteiger partial charge < -0.3 is 16.3 Å². The molecule has 1 atom stereocenters. The normalized spacial score (nSPS) is 25.3. The fourth-order valence-corrected chi connectivity index (χ4v) is 1.64. The van der Waals surface area contributed by atoms with Crippen LogP contribution in [0.15, 0.2) is 5.16 Å². The van der Waals surface area contributed by atoms with Gasteiger partial charge in [-0.1, -0.05) is 32.9 Å². The van der Waals surface area contributed by atoms with Gasteiger partial charge in [-0.3, -0.25) is 0 Å². The summed E-state index contributed by atoms with van der Waals surface area (Å²) in [6, 6.07) is 0.639. The molecule has 0 heterocycles. The summed E-state index contributed by atoms with van der Waals surface area (Å²) < 4.78 is 0. The summed E-state index contributed by atoms with van der Waals surface area (Å²) in [5, 5.41) is 15.2. The van der Waals surface area contributed by atoms with Crippen LogP contribution in [0.25, 0.3) is 0 Å². The van der Waals surface area contributed by atoms with Crippen molar-refractivity contribution < 1.29 is 5.21 Å². The Labute approximate surface area is 91.9 Å². The molecule has 4 nitrogen and oxygen atoms in total. The number of amidine groups is 1. The van der Waals surface area contributed by atoms with Gasteiger partial charge in [-0.2, -0.15) is 0 Å². The Hall–Kier alpha value is -0.770. The molecule has 1 unspecified atom stereocenters. The Morgan fingerprint density at radius 2 is 2.13 bits per heavy atom. The minimum absolute atomic E-state index is 0.235. The Kier molecular flexibility index (Phi) is 3.28. The van der Waals surface area contributed by atoms with E-state index in [0.717, 1.165) is 13.0 Å². The van der Waals surface area contributed by atoms with Gasteiger partial charge in [-0.25, -0.2) is 0 Å². The largest absolute Gasteiger partial charge is 0.409 e. The Bertz CT molecular complexity index is 259. The Morgan fingerprint density at radius 1 is 1.60 bits per heavy atom. The summed E-state index contributed by atoms with van der Waals surface area (Å²) in [6.45, 7) is 9.42. The quantitative estimate of drug-likeness (QED) is 0.281. The van der Waals surface area contributed by atoms with Crippen molar-refractivity contribution in [3.63, 3.8) is 0 Å². The van der Waals surface area contributed by atoms with Gasteiger partial charge in [-0.15, -0.1) is 0 Å². The molecule has 1 saturated carbocycles. The van der Waals surface area contributed by atoms with E-state index in [1.54, 1.807) is 0 Å². The molecule has 0 aromatic heterocycles. The van der Waals surface area contributed by atoms with E-state index in [1.165, 1.54) is 6.42 Å². The van der Waals surface area contributed by atoms with Crippen LogP contribution in [0, 0.1) is 10.8 Å². The van der Waals surface area contributed by atoms with Crippen LogP contribution in [-0.4, -0.2) is 23.6 Å². The highest BCUT2D eigenvalue weighted by molar-refractivity contribution is 5.85. The van der Waals surface area contributed by atoms with Crippen molar-refractivity contribution in [2.24, 2.45) is 21.7 Å². The van der Waals surface area contributed by atoms with E-state index in [0.29, 0.717) is 17.3 Å². The van der Waals surface area contributed by atoms with E-state index in [1.807, 2.05) is 13.8 Å². The molecule has 1 rings (SSSR count). The summed E-state index contributed by atoms with van der Waals surface area (Å²) in [7, 11) is 0. The predicted molar refractivity (Wildman–Crippen MR) is 62.0 cm³/mol. The molecule has 0 aliphatic heterocycles. The van der Waals surface area contributed by atoms with Gasteiger partial charge in [0.2, 0.25) is 0 Å². The SMILES string of the molecule is CC(C)(CCNC1CC1(C)C)C(N)=NO. The molecule has 4 N–H and O–H groups in total. The summed E-state index contributed by atoms with van der Waals surface area (Å²) in [6.07, 6.45) is 2.13. The maximum Gasteiger partial charge on any atom is 0.144 e. The van der Waals surface area contributed by atoms with Crippen LogP contribution >= 0.6 is 0 Å². The molecule has 0 bridgehead atoms. The van der Waals surface area contributed by atoms with Crippen LogP contribution in [-0.2, 0) is 0 Å². The molecule has 0 aromatic carbocycles. The topological polar surface area (TPSA) is 70.6 Å². The molecular formula is C11H23N3O. The van der Waals surface area contributed by atoms with Crippen LogP contribution in [0.5, 0.6) is 0 Å². The molecule has 0 radical (unpaired) electrons. The molecule has 15 heavy (non-hydrogen) atoms. The van der Waals surface area contributed by atoms with Gasteiger partial charge >= 0.3 is 0 Å². The van der Waals surface area contributed by atoms with Crippen LogP contribution < -0.4 is 11.1 Å². The number of oxime groups is 1. The fourth-order valence-electron chi connectivity index (χ4n) is 1.64. The van der Waals surface area contributed by atoms with E-state index in [4.69, 9.17) is 10.9 Å². The van der Waals surface area contributed by atoms with Crippen LogP contribution in [0.4, 0.5) is 0 Å². The maximum absolute atomic E-state index is 8.62. The lowest BCUT2D eigenvalue weighted by molar-refractivity contribution is 0.304. The van der Waals surface area contributed by atoms with E-state index in [-0.39, 0.29) is 5.41 Å². The molecule has 1 aliphatic rings. The van der Waals surface area contributed by atoms with E-state index in [9.17, 15) is 0 Å². The first-order valence-corrected chi connectivity index (χ1v) is 5.51. The zero-order valence-electron chi connectivity index (χ0n) is 10.2. The maximum atomic E-state index is 8.62. The standard InChI is InChI=1S/C11H23N3O/c1-10(2,9(12)14-15)5-6-13-8-7-11(8,3)4/h8,13,15H,5-7H2,1-4H3,(H2,12,14). The predicted octanol–water partition coefficient (Wildman–Crippen LogP) is 1.54. The molecular weight excluding hydrogens is 190 g/mol. The first-order valence-electron chi connectivity index (χ1n) is 5.51. The smallest absolute Gasteiger partial charge is 0.144 e. The molecule has 1 fully saturated rings. The molecule has 0 amide bonds. The van der Waals surface area contributed by atoms with Crippen LogP contribution in [0.1, 0.15) is 40.5 Å². The van der Waals surface area contributed by atoms with Gasteiger partial charge in [0.25, 0.3) is 0 Å². The van der Waals surface area contributed by atoms with Crippen LogP contribution in [0.3, 0.4) is 0 Å². The zero-order valence-corrected chi connectivity index (χ0v) is 10.2. The minimum atomic E-state index is -0.235. The van der Waals surface area contributed by atoms with Crippen LogP contribution in [0.2, 0.25) is 0 Å². The molecule has 0 saturated heterocycles. The average Bonchev–Trinajstić information content (AvgIpc) is 2.72. The van der Waals surface area contributed by atoms with Gasteiger partial charge in [0.1, 0.15) is 5.84 Å². The highest BCUT2D eigenvalue weighted by Gasteiger charge is 2.45. The van der Waals surface area contributed by atoms with Crippen molar-refractivity contribution in [3.8, 4) is 0 Å². The summed E-state index contributed by atoms with van der Waals surface area (Å²) in [5.74, 6) is 0.305. The van der Waals surface area contributed by atoms with E-state index < -0.39 is 0 Å². The number of rotatable bonds is 5. The number of hydrogen-bond acceptors (Lipinski definition) is 3. The average molecular weight is 213 g/mol. The second-order valence-corrected chi connectivity index (χ2v) is 5.82. The number of nitrogens with two attached hydrogens (primary N) is 1. The van der Waals surface area contributed by atoms with Crippen molar-refractivity contribution >= 4 is 5.84 Å². The van der Waals surface area contributed by atoms with Crippen molar-refractivity contribution in [1.29, 1.82) is 0 Å². The number of nitrogens with one attached hydrogen (secondary N) is 1. The molecule has 0 aromatic rings. The summed E-state index contributed by atoms with van der Waals surface area (Å²) >= 11 is 0. The monoisotopic (exact) mass is 213 g/mol. The lowest BCUT2D eigenvalue weighted by Crippen LogP contribution is -2.35. The molecule has 1 aliphatic carbocycles. The van der Waals surface area contributed by atoms with Gasteiger partial charge in [0.05, 0.1) is 0 Å². The van der Waals surface area contributed by atoms with E-state index >= 15 is 0 Å². The van der Waals surface area contributed by atoms with Gasteiger partial charge in [0, 0.05) is 11.5 Å². The zero-order chi connectivity index (χ0) is 11.7. The third-order valence-corrected chi connectivity index (χ3v) is 3.46. The highest BCUT2D eigenvalue weighted by atomic mass is 16.4. The molecule has 0 spiro atoms. The first-order chi connectivity index (χ1) is 6.79. The van der Waals surface area contributed by atoms with Gasteiger partial charge in [0.15, 0.2) is 0 Å². The van der Waals surface area contributed by atoms with Gasteiger partial charge in [-0.05, 0) is 24.8 Å². The fraction of sp³-hybridized carbons (Fsp3) is 0.909. The third kappa shape index (κ3) is 3.09. The molecule has 88 valence electrons. The Morgan fingerprint density at radius 3 is 2.53 bits per heavy atom. The summed E-state index contributed by atoms with van der Waals surface area (Å²) in [4.78, 5) is 0. The van der Waals surface area contributed by atoms with Crippen molar-refractivity contribution in [3.05, 3.63) is 0 Å².